The van der Waals surface area contributed by atoms with E-state index in [1.165, 1.54) is 12.1 Å². The Morgan fingerprint density at radius 2 is 2.29 bits per heavy atom. The highest BCUT2D eigenvalue weighted by Crippen LogP contribution is 2.06. The third-order valence-electron chi connectivity index (χ3n) is 2.56. The van der Waals surface area contributed by atoms with Gasteiger partial charge in [0, 0.05) is 13.1 Å². The van der Waals surface area contributed by atoms with E-state index in [4.69, 9.17) is 4.74 Å². The number of carbonyl (C=O) groups is 1. The third-order valence-corrected chi connectivity index (χ3v) is 2.56. The molecule has 1 saturated heterocycles. The molecule has 0 aliphatic carbocycles. The van der Waals surface area contributed by atoms with Gasteiger partial charge in [-0.05, 0) is 17.7 Å². The second-order valence-corrected chi connectivity index (χ2v) is 4.00. The number of nitrogens with one attached hydrogen (secondary N) is 2. The first kappa shape index (κ1) is 12.0. The van der Waals surface area contributed by atoms with Gasteiger partial charge in [0.2, 0.25) is 5.91 Å². The van der Waals surface area contributed by atoms with Crippen LogP contribution in [0.15, 0.2) is 24.3 Å². The molecule has 1 aliphatic heterocycles. The van der Waals surface area contributed by atoms with Gasteiger partial charge in [-0.1, -0.05) is 12.1 Å². The fourth-order valence-electron chi connectivity index (χ4n) is 1.67. The van der Waals surface area contributed by atoms with Crippen molar-refractivity contribution >= 4 is 5.91 Å². The lowest BCUT2D eigenvalue weighted by atomic mass is 10.2. The average molecular weight is 238 g/mol. The van der Waals surface area contributed by atoms with Crippen LogP contribution >= 0.6 is 0 Å². The van der Waals surface area contributed by atoms with Crippen LogP contribution in [-0.2, 0) is 16.1 Å². The second kappa shape index (κ2) is 5.75. The van der Waals surface area contributed by atoms with Crippen molar-refractivity contribution in [3.63, 3.8) is 0 Å². The Morgan fingerprint density at radius 1 is 1.41 bits per heavy atom. The molecule has 1 unspecified atom stereocenters. The van der Waals surface area contributed by atoms with E-state index in [0.717, 1.165) is 5.56 Å². The zero-order chi connectivity index (χ0) is 12.1. The van der Waals surface area contributed by atoms with E-state index in [1.54, 1.807) is 6.07 Å². The first-order valence-electron chi connectivity index (χ1n) is 5.57. The van der Waals surface area contributed by atoms with Crippen LogP contribution in [0.1, 0.15) is 5.56 Å². The normalized spacial score (nSPS) is 20.8. The minimum Gasteiger partial charge on any atom is -0.370 e. The van der Waals surface area contributed by atoms with Gasteiger partial charge in [0.25, 0.3) is 0 Å². The quantitative estimate of drug-likeness (QED) is 0.803. The average Bonchev–Trinajstić information content (AvgIpc) is 2.52. The van der Waals surface area contributed by atoms with E-state index < -0.39 is 0 Å². The highest BCUT2D eigenvalue weighted by atomic mass is 19.1. The maximum Gasteiger partial charge on any atom is 0.234 e. The summed E-state index contributed by atoms with van der Waals surface area (Å²) in [5, 5.41) is 5.73. The molecular weight excluding hydrogens is 223 g/mol. The highest BCUT2D eigenvalue weighted by Gasteiger charge is 2.15. The fraction of sp³-hybridized carbons (Fsp3) is 0.417. The van der Waals surface area contributed by atoms with Gasteiger partial charge >= 0.3 is 0 Å². The molecule has 1 aromatic carbocycles. The molecule has 2 N–H and O–H groups in total. The molecule has 1 heterocycles. The van der Waals surface area contributed by atoms with Crippen LogP contribution in [0.5, 0.6) is 0 Å². The predicted molar refractivity (Wildman–Crippen MR) is 60.9 cm³/mol. The molecule has 92 valence electrons. The summed E-state index contributed by atoms with van der Waals surface area (Å²) >= 11 is 0. The molecule has 1 amide bonds. The van der Waals surface area contributed by atoms with Gasteiger partial charge in [-0.3, -0.25) is 4.79 Å². The third kappa shape index (κ3) is 3.80. The van der Waals surface area contributed by atoms with Gasteiger partial charge < -0.3 is 15.4 Å². The molecule has 0 radical (unpaired) electrons. The number of hydrogen-bond acceptors (Lipinski definition) is 3. The summed E-state index contributed by atoms with van der Waals surface area (Å²) < 4.78 is 18.5. The summed E-state index contributed by atoms with van der Waals surface area (Å²) in [6.45, 7) is 1.77. The van der Waals surface area contributed by atoms with Gasteiger partial charge in [0.1, 0.15) is 5.82 Å². The Bertz CT molecular complexity index is 398. The topological polar surface area (TPSA) is 50.4 Å². The number of ether oxygens (including phenoxy) is 1. The van der Waals surface area contributed by atoms with Crippen molar-refractivity contribution in [3.05, 3.63) is 35.6 Å². The predicted octanol–water partition coefficient (Wildman–Crippen LogP) is 0.430. The van der Waals surface area contributed by atoms with Gasteiger partial charge in [0.15, 0.2) is 0 Å². The van der Waals surface area contributed by atoms with E-state index in [-0.39, 0.29) is 17.8 Å². The minimum atomic E-state index is -0.265. The largest absolute Gasteiger partial charge is 0.370 e. The van der Waals surface area contributed by atoms with Crippen molar-refractivity contribution in [2.24, 2.45) is 0 Å². The molecule has 1 fully saturated rings. The molecule has 17 heavy (non-hydrogen) atoms. The smallest absolute Gasteiger partial charge is 0.234 e. The van der Waals surface area contributed by atoms with Gasteiger partial charge in [0.05, 0.1) is 19.3 Å². The summed E-state index contributed by atoms with van der Waals surface area (Å²) in [7, 11) is 0. The van der Waals surface area contributed by atoms with Crippen molar-refractivity contribution in [1.82, 2.24) is 10.6 Å². The maximum atomic E-state index is 12.9. The van der Waals surface area contributed by atoms with Crippen LogP contribution in [-0.4, -0.2) is 31.6 Å². The van der Waals surface area contributed by atoms with E-state index in [2.05, 4.69) is 10.6 Å². The van der Waals surface area contributed by atoms with Crippen molar-refractivity contribution < 1.29 is 13.9 Å². The lowest BCUT2D eigenvalue weighted by molar-refractivity contribution is -0.120. The van der Waals surface area contributed by atoms with Crippen LogP contribution < -0.4 is 10.6 Å². The molecule has 5 heteroatoms. The molecule has 1 aliphatic rings. The Balaban J connectivity index is 1.83. The summed E-state index contributed by atoms with van der Waals surface area (Å²) in [6.07, 6.45) is -0.0790. The van der Waals surface area contributed by atoms with Crippen LogP contribution in [0.2, 0.25) is 0 Å². The SMILES string of the molecule is O=C1CNCC(OCc2cccc(F)c2)CN1. The number of amides is 1. The molecule has 2 rings (SSSR count). The molecule has 1 aromatic rings. The van der Waals surface area contributed by atoms with Crippen LogP contribution in [0.4, 0.5) is 4.39 Å². The summed E-state index contributed by atoms with van der Waals surface area (Å²) in [6, 6.07) is 6.31. The van der Waals surface area contributed by atoms with E-state index in [0.29, 0.717) is 26.2 Å². The number of rotatable bonds is 3. The van der Waals surface area contributed by atoms with E-state index >= 15 is 0 Å². The molecule has 4 nitrogen and oxygen atoms in total. The zero-order valence-corrected chi connectivity index (χ0v) is 9.41. The molecular formula is C12H15FN2O2. The Labute approximate surface area is 99.2 Å². The number of halogens is 1. The standard InChI is InChI=1S/C12H15FN2O2/c13-10-3-1-2-9(4-10)8-17-11-5-14-7-12(16)15-6-11/h1-4,11,14H,5-8H2,(H,15,16). The van der Waals surface area contributed by atoms with Crippen LogP contribution in [0.3, 0.4) is 0 Å². The minimum absolute atomic E-state index is 0.0261. The molecule has 0 bridgehead atoms. The first-order chi connectivity index (χ1) is 8.24. The van der Waals surface area contributed by atoms with Crippen LogP contribution in [0.25, 0.3) is 0 Å². The number of carbonyl (C=O) groups excluding carboxylic acids is 1. The monoisotopic (exact) mass is 238 g/mol. The van der Waals surface area contributed by atoms with Crippen molar-refractivity contribution in [1.29, 1.82) is 0 Å². The van der Waals surface area contributed by atoms with Gasteiger partial charge in [-0.2, -0.15) is 0 Å². The maximum absolute atomic E-state index is 12.9. The van der Waals surface area contributed by atoms with Crippen molar-refractivity contribution in [2.45, 2.75) is 12.7 Å². The van der Waals surface area contributed by atoms with E-state index in [1.807, 2.05) is 6.07 Å². The lowest BCUT2D eigenvalue weighted by Gasteiger charge is -2.15. The second-order valence-electron chi connectivity index (χ2n) is 4.00. The lowest BCUT2D eigenvalue weighted by Crippen LogP contribution is -2.32. The van der Waals surface area contributed by atoms with Crippen molar-refractivity contribution in [2.75, 3.05) is 19.6 Å². The molecule has 0 saturated carbocycles. The Hall–Kier alpha value is -1.46. The Morgan fingerprint density at radius 3 is 3.12 bits per heavy atom. The summed E-state index contributed by atoms with van der Waals surface area (Å²) in [5.74, 6) is -0.291. The first-order valence-corrected chi connectivity index (χ1v) is 5.57. The van der Waals surface area contributed by atoms with Gasteiger partial charge in [-0.15, -0.1) is 0 Å². The molecule has 1 atom stereocenters. The zero-order valence-electron chi connectivity index (χ0n) is 9.41. The van der Waals surface area contributed by atoms with Crippen molar-refractivity contribution in [3.8, 4) is 0 Å². The fourth-order valence-corrected chi connectivity index (χ4v) is 1.67. The molecule has 0 spiro atoms. The number of hydrogen-bond donors (Lipinski definition) is 2. The number of benzene rings is 1. The van der Waals surface area contributed by atoms with Gasteiger partial charge in [-0.25, -0.2) is 4.39 Å². The summed E-state index contributed by atoms with van der Waals surface area (Å²) in [4.78, 5) is 11.1. The van der Waals surface area contributed by atoms with E-state index in [9.17, 15) is 9.18 Å². The van der Waals surface area contributed by atoms with Crippen LogP contribution in [0, 0.1) is 5.82 Å². The summed E-state index contributed by atoms with van der Waals surface area (Å²) in [5.41, 5.74) is 0.792. The Kier molecular flexibility index (Phi) is 4.06. The molecule has 0 aromatic heterocycles. The highest BCUT2D eigenvalue weighted by molar-refractivity contribution is 5.78.